The smallest absolute Gasteiger partial charge is 0.200 e. The number of alkyl halides is 4. The number of carbonyl (C=O) groups is 1. The molecule has 0 aliphatic carbocycles. The zero-order chi connectivity index (χ0) is 27.4. The summed E-state index contributed by atoms with van der Waals surface area (Å²) in [6.45, 7) is 2.28. The Balaban J connectivity index is 2.29. The van der Waals surface area contributed by atoms with Crippen LogP contribution in [0.3, 0.4) is 0 Å². The predicted octanol–water partition coefficient (Wildman–Crippen LogP) is 9.13. The van der Waals surface area contributed by atoms with Crippen LogP contribution >= 0.6 is 63.7 Å². The van der Waals surface area contributed by atoms with Crippen molar-refractivity contribution in [1.29, 1.82) is 0 Å². The van der Waals surface area contributed by atoms with Crippen molar-refractivity contribution in [1.82, 2.24) is 0 Å². The second-order valence-corrected chi connectivity index (χ2v) is 11.8. The maximum Gasteiger partial charge on any atom is 0.200 e. The first-order chi connectivity index (χ1) is 18.6. The Kier molecular flexibility index (Phi) is 18.5. The number of hydrogen-bond acceptors (Lipinski definition) is 5. The summed E-state index contributed by atoms with van der Waals surface area (Å²) in [7, 11) is 0. The van der Waals surface area contributed by atoms with Crippen LogP contribution in [0.25, 0.3) is 0 Å². The van der Waals surface area contributed by atoms with Gasteiger partial charge in [0.25, 0.3) is 0 Å². The van der Waals surface area contributed by atoms with Gasteiger partial charge < -0.3 is 18.9 Å². The Morgan fingerprint density at radius 1 is 0.500 bits per heavy atom. The molecule has 0 atom stereocenters. The summed E-state index contributed by atoms with van der Waals surface area (Å²) in [4.78, 5) is 13.8. The molecule has 2 aromatic rings. The molecule has 2 aromatic carbocycles. The summed E-state index contributed by atoms with van der Waals surface area (Å²) in [5.74, 6) is 2.31. The molecule has 2 rings (SSSR count). The van der Waals surface area contributed by atoms with Gasteiger partial charge in [-0.3, -0.25) is 4.79 Å². The number of carbonyl (C=O) groups excluding carboxylic acids is 1. The first-order valence-electron chi connectivity index (χ1n) is 13.2. The van der Waals surface area contributed by atoms with Crippen molar-refractivity contribution in [2.24, 2.45) is 0 Å². The number of hydrogen-bond donors (Lipinski definition) is 0. The van der Waals surface area contributed by atoms with E-state index in [9.17, 15) is 4.79 Å². The van der Waals surface area contributed by atoms with E-state index in [2.05, 4.69) is 63.7 Å². The number of unbranched alkanes of at least 4 members (excludes halogenated alkanes) is 4. The maximum atomic E-state index is 13.8. The van der Waals surface area contributed by atoms with Gasteiger partial charge in [-0.1, -0.05) is 63.7 Å². The highest BCUT2D eigenvalue weighted by Gasteiger charge is 2.21. The van der Waals surface area contributed by atoms with Crippen molar-refractivity contribution in [2.45, 2.75) is 51.4 Å². The molecular weight excluding hydrogens is 748 g/mol. The van der Waals surface area contributed by atoms with Gasteiger partial charge >= 0.3 is 0 Å². The molecule has 38 heavy (non-hydrogen) atoms. The summed E-state index contributed by atoms with van der Waals surface area (Å²) in [5, 5.41) is 3.73. The van der Waals surface area contributed by atoms with E-state index in [-0.39, 0.29) is 5.78 Å². The molecule has 0 aliphatic heterocycles. The molecule has 0 unspecified atom stereocenters. The first kappa shape index (κ1) is 33.4. The van der Waals surface area contributed by atoms with Gasteiger partial charge in [0.1, 0.15) is 23.0 Å². The SMILES string of the molecule is O=C(c1ccc(OCCCCBr)cc1OCCCCBr)c1ccc(OCCCCBr)cc1OCCCCBr. The molecule has 0 spiro atoms. The molecule has 0 amide bonds. The van der Waals surface area contributed by atoms with Crippen LogP contribution in [0.5, 0.6) is 23.0 Å². The minimum atomic E-state index is -0.146. The molecular formula is C29H38Br4O5. The van der Waals surface area contributed by atoms with Gasteiger partial charge in [0.2, 0.25) is 0 Å². The fourth-order valence-electron chi connectivity index (χ4n) is 3.47. The van der Waals surface area contributed by atoms with E-state index in [1.54, 1.807) is 12.1 Å². The van der Waals surface area contributed by atoms with Gasteiger partial charge in [-0.25, -0.2) is 0 Å². The average molecular weight is 786 g/mol. The normalized spacial score (nSPS) is 10.8. The van der Waals surface area contributed by atoms with Gasteiger partial charge in [-0.2, -0.15) is 0 Å². The van der Waals surface area contributed by atoms with E-state index in [1.807, 2.05) is 24.3 Å². The molecule has 5 nitrogen and oxygen atoms in total. The zero-order valence-corrected chi connectivity index (χ0v) is 28.2. The van der Waals surface area contributed by atoms with E-state index in [0.717, 1.165) is 72.7 Å². The first-order valence-corrected chi connectivity index (χ1v) is 17.7. The Labute approximate surface area is 261 Å². The summed E-state index contributed by atoms with van der Waals surface area (Å²) >= 11 is 13.8. The monoisotopic (exact) mass is 782 g/mol. The summed E-state index contributed by atoms with van der Waals surface area (Å²) in [6, 6.07) is 10.9. The lowest BCUT2D eigenvalue weighted by Gasteiger charge is -2.16. The van der Waals surface area contributed by atoms with E-state index in [4.69, 9.17) is 18.9 Å². The molecule has 0 saturated carbocycles. The maximum absolute atomic E-state index is 13.8. The minimum absolute atomic E-state index is 0.146. The molecule has 0 aromatic heterocycles. The third-order valence-electron chi connectivity index (χ3n) is 5.56. The molecule has 0 fully saturated rings. The Bertz CT molecular complexity index is 868. The van der Waals surface area contributed by atoms with Crippen LogP contribution in [0.4, 0.5) is 0 Å². The molecule has 0 heterocycles. The number of ether oxygens (including phenoxy) is 4. The van der Waals surface area contributed by atoms with Gasteiger partial charge in [0.15, 0.2) is 5.78 Å². The molecule has 0 radical (unpaired) electrons. The summed E-state index contributed by atoms with van der Waals surface area (Å²) in [6.07, 6.45) is 7.76. The van der Waals surface area contributed by atoms with E-state index in [1.165, 1.54) is 0 Å². The standard InChI is InChI=1S/C29H38Br4O5/c30-13-1-5-17-35-23-9-11-25(27(21-23)37-19-7-3-15-32)29(34)26-12-10-24(36-18-6-2-14-31)22-28(26)38-20-8-4-16-33/h9-12,21-22H,1-8,13-20H2. The van der Waals surface area contributed by atoms with E-state index in [0.29, 0.717) is 60.6 Å². The summed E-state index contributed by atoms with van der Waals surface area (Å²) in [5.41, 5.74) is 0.987. The lowest BCUT2D eigenvalue weighted by molar-refractivity contribution is 0.103. The molecule has 0 N–H and O–H groups in total. The van der Waals surface area contributed by atoms with E-state index >= 15 is 0 Å². The fourth-order valence-corrected chi connectivity index (χ4v) is 5.06. The minimum Gasteiger partial charge on any atom is -0.493 e. The molecule has 0 bridgehead atoms. The number of rotatable bonds is 22. The van der Waals surface area contributed by atoms with Gasteiger partial charge in [-0.05, 0) is 75.6 Å². The highest BCUT2D eigenvalue weighted by molar-refractivity contribution is 9.09. The van der Waals surface area contributed by atoms with Crippen molar-refractivity contribution in [3.63, 3.8) is 0 Å². The van der Waals surface area contributed by atoms with Crippen LogP contribution in [-0.4, -0.2) is 53.5 Å². The largest absolute Gasteiger partial charge is 0.493 e. The summed E-state index contributed by atoms with van der Waals surface area (Å²) < 4.78 is 24.0. The Morgan fingerprint density at radius 3 is 1.18 bits per heavy atom. The van der Waals surface area contributed by atoms with Crippen molar-refractivity contribution in [2.75, 3.05) is 47.7 Å². The molecule has 212 valence electrons. The molecule has 0 aliphatic rings. The Hall–Kier alpha value is -0.770. The van der Waals surface area contributed by atoms with Crippen molar-refractivity contribution >= 4 is 69.5 Å². The number of halogens is 4. The number of benzene rings is 2. The van der Waals surface area contributed by atoms with Gasteiger partial charge in [0, 0.05) is 33.5 Å². The van der Waals surface area contributed by atoms with Crippen LogP contribution in [0, 0.1) is 0 Å². The van der Waals surface area contributed by atoms with Gasteiger partial charge in [-0.15, -0.1) is 0 Å². The van der Waals surface area contributed by atoms with Crippen LogP contribution in [0.2, 0.25) is 0 Å². The van der Waals surface area contributed by atoms with Crippen molar-refractivity contribution in [3.8, 4) is 23.0 Å². The average Bonchev–Trinajstić information content (AvgIpc) is 2.94. The number of ketones is 1. The molecule has 9 heteroatoms. The second kappa shape index (κ2) is 21.0. The van der Waals surface area contributed by atoms with Crippen molar-refractivity contribution in [3.05, 3.63) is 47.5 Å². The lowest BCUT2D eigenvalue weighted by Crippen LogP contribution is -2.10. The quantitative estimate of drug-likeness (QED) is 0.0678. The predicted molar refractivity (Wildman–Crippen MR) is 170 cm³/mol. The fraction of sp³-hybridized carbons (Fsp3) is 0.552. The highest BCUT2D eigenvalue weighted by atomic mass is 79.9. The third kappa shape index (κ3) is 12.6. The topological polar surface area (TPSA) is 54.0 Å². The van der Waals surface area contributed by atoms with Crippen LogP contribution in [-0.2, 0) is 0 Å². The lowest BCUT2D eigenvalue weighted by atomic mass is 10.0. The van der Waals surface area contributed by atoms with Crippen molar-refractivity contribution < 1.29 is 23.7 Å². The highest BCUT2D eigenvalue weighted by Crippen LogP contribution is 2.32. The van der Waals surface area contributed by atoms with Crippen LogP contribution in [0.1, 0.15) is 67.3 Å². The van der Waals surface area contributed by atoms with Gasteiger partial charge in [0.05, 0.1) is 37.6 Å². The van der Waals surface area contributed by atoms with Crippen LogP contribution in [0.15, 0.2) is 36.4 Å². The Morgan fingerprint density at radius 2 is 0.842 bits per heavy atom. The second-order valence-electron chi connectivity index (χ2n) is 8.62. The van der Waals surface area contributed by atoms with E-state index < -0.39 is 0 Å². The zero-order valence-electron chi connectivity index (χ0n) is 21.8. The van der Waals surface area contributed by atoms with Crippen LogP contribution < -0.4 is 18.9 Å². The third-order valence-corrected chi connectivity index (χ3v) is 7.80. The molecule has 0 saturated heterocycles.